The molecule has 120 valence electrons. The second-order valence-electron chi connectivity index (χ2n) is 4.64. The Morgan fingerprint density at radius 3 is 2.35 bits per heavy atom. The zero-order valence-electron chi connectivity index (χ0n) is 12.6. The summed E-state index contributed by atoms with van der Waals surface area (Å²) in [7, 11) is 2.79. The number of rotatable bonds is 5. The lowest BCUT2D eigenvalue weighted by molar-refractivity contribution is 0.104. The highest BCUT2D eigenvalue weighted by molar-refractivity contribution is 6.09. The third kappa shape index (κ3) is 3.37. The molecule has 2 aromatic carbocycles. The molecule has 2 aromatic rings. The van der Waals surface area contributed by atoms with Crippen LogP contribution in [0.3, 0.4) is 0 Å². The van der Waals surface area contributed by atoms with Gasteiger partial charge >= 0.3 is 0 Å². The number of hydrogen-bond donors (Lipinski definition) is 3. The zero-order valence-corrected chi connectivity index (χ0v) is 12.6. The Kier molecular flexibility index (Phi) is 4.75. The molecule has 23 heavy (non-hydrogen) atoms. The third-order valence-corrected chi connectivity index (χ3v) is 3.21. The molecule has 3 N–H and O–H groups in total. The summed E-state index contributed by atoms with van der Waals surface area (Å²) in [5.41, 5.74) is 0.579. The van der Waals surface area contributed by atoms with Crippen LogP contribution in [-0.2, 0) is 0 Å². The van der Waals surface area contributed by atoms with Crippen molar-refractivity contribution in [3.05, 3.63) is 47.5 Å². The molecule has 0 unspecified atom stereocenters. The van der Waals surface area contributed by atoms with Gasteiger partial charge in [0.1, 0.15) is 0 Å². The summed E-state index contributed by atoms with van der Waals surface area (Å²) in [5.74, 6) is -0.895. The number of phenols is 3. The van der Waals surface area contributed by atoms with Gasteiger partial charge in [-0.1, -0.05) is 12.1 Å². The van der Waals surface area contributed by atoms with Crippen LogP contribution >= 0.6 is 0 Å². The van der Waals surface area contributed by atoms with Crippen molar-refractivity contribution in [2.75, 3.05) is 14.2 Å². The van der Waals surface area contributed by atoms with Gasteiger partial charge < -0.3 is 24.8 Å². The topological polar surface area (TPSA) is 96.2 Å². The van der Waals surface area contributed by atoms with Crippen LogP contribution in [0.15, 0.2) is 36.4 Å². The van der Waals surface area contributed by atoms with E-state index in [-0.39, 0.29) is 28.6 Å². The number of aromatic hydroxyl groups is 3. The van der Waals surface area contributed by atoms with E-state index in [4.69, 9.17) is 9.47 Å². The molecule has 0 saturated heterocycles. The second kappa shape index (κ2) is 6.74. The largest absolute Gasteiger partial charge is 0.504 e. The number of benzene rings is 2. The van der Waals surface area contributed by atoms with Gasteiger partial charge in [0.05, 0.1) is 19.8 Å². The van der Waals surface area contributed by atoms with Crippen LogP contribution in [0.1, 0.15) is 15.9 Å². The monoisotopic (exact) mass is 316 g/mol. The van der Waals surface area contributed by atoms with Crippen molar-refractivity contribution in [2.45, 2.75) is 0 Å². The molecule has 0 aromatic heterocycles. The Hall–Kier alpha value is -3.15. The van der Waals surface area contributed by atoms with Gasteiger partial charge in [0.15, 0.2) is 28.8 Å². The summed E-state index contributed by atoms with van der Waals surface area (Å²) in [6, 6.07) is 7.11. The molecule has 0 saturated carbocycles. The van der Waals surface area contributed by atoms with Gasteiger partial charge in [-0.3, -0.25) is 4.79 Å². The van der Waals surface area contributed by atoms with Crippen LogP contribution in [0.4, 0.5) is 0 Å². The average Bonchev–Trinajstić information content (AvgIpc) is 2.55. The second-order valence-corrected chi connectivity index (χ2v) is 4.64. The first-order valence-corrected chi connectivity index (χ1v) is 6.66. The molecule has 0 atom stereocenters. The zero-order chi connectivity index (χ0) is 17.0. The Morgan fingerprint density at radius 2 is 1.74 bits per heavy atom. The van der Waals surface area contributed by atoms with Crippen molar-refractivity contribution in [1.82, 2.24) is 0 Å². The highest BCUT2D eigenvalue weighted by atomic mass is 16.5. The van der Waals surface area contributed by atoms with E-state index < -0.39 is 5.78 Å². The maximum Gasteiger partial charge on any atom is 0.203 e. The van der Waals surface area contributed by atoms with Crippen LogP contribution in [-0.4, -0.2) is 35.3 Å². The first-order valence-electron chi connectivity index (χ1n) is 6.66. The molecule has 6 heteroatoms. The Morgan fingerprint density at radius 1 is 1.00 bits per heavy atom. The Labute approximate surface area is 132 Å². The normalized spacial score (nSPS) is 10.7. The molecule has 0 radical (unpaired) electrons. The molecule has 0 bridgehead atoms. The van der Waals surface area contributed by atoms with Gasteiger partial charge in [-0.2, -0.15) is 0 Å². The molecule has 0 spiro atoms. The highest BCUT2D eigenvalue weighted by Crippen LogP contribution is 2.39. The van der Waals surface area contributed by atoms with E-state index in [0.717, 1.165) is 0 Å². The fourth-order valence-corrected chi connectivity index (χ4v) is 2.02. The predicted molar refractivity (Wildman–Crippen MR) is 84.3 cm³/mol. The number of methoxy groups -OCH3 is 2. The Bertz CT molecular complexity index is 764. The molecular weight excluding hydrogens is 300 g/mol. The third-order valence-electron chi connectivity index (χ3n) is 3.21. The van der Waals surface area contributed by atoms with E-state index in [2.05, 4.69) is 0 Å². The van der Waals surface area contributed by atoms with Crippen LogP contribution in [0.5, 0.6) is 28.7 Å². The van der Waals surface area contributed by atoms with Gasteiger partial charge in [0, 0.05) is 0 Å². The van der Waals surface area contributed by atoms with Gasteiger partial charge in [0.2, 0.25) is 5.75 Å². The molecule has 0 amide bonds. The number of hydrogen-bond acceptors (Lipinski definition) is 6. The number of phenolic OH excluding ortho intramolecular Hbond substituents is 3. The lowest BCUT2D eigenvalue weighted by atomic mass is 10.1. The fraction of sp³-hybridized carbons (Fsp3) is 0.118. The van der Waals surface area contributed by atoms with Crippen LogP contribution in [0.2, 0.25) is 0 Å². The molecule has 2 rings (SSSR count). The summed E-state index contributed by atoms with van der Waals surface area (Å²) in [6.45, 7) is 0. The standard InChI is InChI=1S/C17H16O6/c1-22-15-8-5-11(16(21)17(15)23-2)12(18)6-3-10-4-7-13(19)14(20)9-10/h3-9,19-21H,1-2H3/b6-3+. The number of ketones is 1. The van der Waals surface area contributed by atoms with E-state index in [9.17, 15) is 20.1 Å². The first kappa shape index (κ1) is 16.2. The van der Waals surface area contributed by atoms with Crippen LogP contribution in [0, 0.1) is 0 Å². The molecule has 0 aliphatic rings. The number of allylic oxidation sites excluding steroid dienone is 1. The quantitative estimate of drug-likeness (QED) is 0.446. The van der Waals surface area contributed by atoms with Crippen molar-refractivity contribution in [1.29, 1.82) is 0 Å². The van der Waals surface area contributed by atoms with Crippen molar-refractivity contribution in [3.8, 4) is 28.7 Å². The average molecular weight is 316 g/mol. The smallest absolute Gasteiger partial charge is 0.203 e. The van der Waals surface area contributed by atoms with Gasteiger partial charge in [-0.05, 0) is 35.9 Å². The molecule has 0 aliphatic heterocycles. The van der Waals surface area contributed by atoms with E-state index in [0.29, 0.717) is 11.3 Å². The summed E-state index contributed by atoms with van der Waals surface area (Å²) in [6.07, 6.45) is 2.70. The van der Waals surface area contributed by atoms with E-state index >= 15 is 0 Å². The summed E-state index contributed by atoms with van der Waals surface area (Å²) < 4.78 is 10.1. The van der Waals surface area contributed by atoms with Crippen molar-refractivity contribution in [2.24, 2.45) is 0 Å². The molecule has 0 heterocycles. The lowest BCUT2D eigenvalue weighted by Crippen LogP contribution is -1.99. The SMILES string of the molecule is COc1ccc(C(=O)/C=C/c2ccc(O)c(O)c2)c(O)c1OC. The molecular formula is C17H16O6. The summed E-state index contributed by atoms with van der Waals surface area (Å²) in [4.78, 5) is 12.2. The minimum absolute atomic E-state index is 0.0573. The van der Waals surface area contributed by atoms with E-state index in [1.165, 1.54) is 56.7 Å². The molecule has 6 nitrogen and oxygen atoms in total. The number of carbonyl (C=O) groups excluding carboxylic acids is 1. The molecule has 0 aliphatic carbocycles. The minimum atomic E-state index is -0.448. The van der Waals surface area contributed by atoms with E-state index in [1.54, 1.807) is 0 Å². The van der Waals surface area contributed by atoms with Gasteiger partial charge in [-0.25, -0.2) is 0 Å². The highest BCUT2D eigenvalue weighted by Gasteiger charge is 2.17. The lowest BCUT2D eigenvalue weighted by Gasteiger charge is -2.11. The van der Waals surface area contributed by atoms with Crippen LogP contribution < -0.4 is 9.47 Å². The number of ether oxygens (including phenoxy) is 2. The predicted octanol–water partition coefficient (Wildman–Crippen LogP) is 2.72. The number of carbonyl (C=O) groups is 1. The van der Waals surface area contributed by atoms with Gasteiger partial charge in [0.25, 0.3) is 0 Å². The van der Waals surface area contributed by atoms with Crippen LogP contribution in [0.25, 0.3) is 6.08 Å². The maximum absolute atomic E-state index is 12.2. The minimum Gasteiger partial charge on any atom is -0.504 e. The fourth-order valence-electron chi connectivity index (χ4n) is 2.02. The molecule has 0 fully saturated rings. The first-order chi connectivity index (χ1) is 11.0. The Balaban J connectivity index is 2.30. The van der Waals surface area contributed by atoms with E-state index in [1.807, 2.05) is 0 Å². The van der Waals surface area contributed by atoms with Gasteiger partial charge in [-0.15, -0.1) is 0 Å². The van der Waals surface area contributed by atoms with Crippen molar-refractivity contribution < 1.29 is 29.6 Å². The summed E-state index contributed by atoms with van der Waals surface area (Å²) >= 11 is 0. The maximum atomic E-state index is 12.2. The van der Waals surface area contributed by atoms with Crippen molar-refractivity contribution in [3.63, 3.8) is 0 Å². The van der Waals surface area contributed by atoms with Crippen molar-refractivity contribution >= 4 is 11.9 Å². The summed E-state index contributed by atoms with van der Waals surface area (Å²) in [5, 5.41) is 28.8.